The van der Waals surface area contributed by atoms with Crippen molar-refractivity contribution in [2.45, 2.75) is 0 Å². The third-order valence-electron chi connectivity index (χ3n) is 2.30. The fourth-order valence-electron chi connectivity index (χ4n) is 1.57. The molecule has 0 aromatic heterocycles. The predicted octanol–water partition coefficient (Wildman–Crippen LogP) is -2.16. The summed E-state index contributed by atoms with van der Waals surface area (Å²) >= 11 is 0. The highest BCUT2D eigenvalue weighted by atomic mass is 16.2. The Morgan fingerprint density at radius 1 is 1.33 bits per heavy atom. The van der Waals surface area contributed by atoms with E-state index in [1.54, 1.807) is 16.8 Å². The summed E-state index contributed by atoms with van der Waals surface area (Å²) < 4.78 is 0. The van der Waals surface area contributed by atoms with Crippen LogP contribution in [0.5, 0.6) is 0 Å². The van der Waals surface area contributed by atoms with E-state index in [2.05, 4.69) is 5.32 Å². The van der Waals surface area contributed by atoms with Gasteiger partial charge in [-0.25, -0.2) is 0 Å². The molecule has 1 fully saturated rings. The third kappa shape index (κ3) is 4.26. The van der Waals surface area contributed by atoms with E-state index in [1.807, 2.05) is 0 Å². The van der Waals surface area contributed by atoms with E-state index in [9.17, 15) is 9.59 Å². The molecule has 0 bridgehead atoms. The summed E-state index contributed by atoms with van der Waals surface area (Å²) in [5.74, 6) is -0.356. The summed E-state index contributed by atoms with van der Waals surface area (Å²) in [4.78, 5) is 25.7. The summed E-state index contributed by atoms with van der Waals surface area (Å²) in [6.45, 7) is 3.53. The summed E-state index contributed by atoms with van der Waals surface area (Å²) in [5, 5.41) is 3.17. The molecule has 0 spiro atoms. The number of hydrogen-bond acceptors (Lipinski definition) is 4. The molecule has 0 unspecified atom stereocenters. The third-order valence-corrected chi connectivity index (χ3v) is 2.30. The normalized spacial score (nSPS) is 16.8. The van der Waals surface area contributed by atoms with Crippen molar-refractivity contribution in [3.8, 4) is 0 Å². The lowest BCUT2D eigenvalue weighted by Gasteiger charge is -2.28. The maximum Gasteiger partial charge on any atom is 0.236 e. The Hall–Kier alpha value is -1.14. The van der Waals surface area contributed by atoms with Gasteiger partial charge >= 0.3 is 0 Å². The van der Waals surface area contributed by atoms with E-state index in [4.69, 9.17) is 5.73 Å². The summed E-state index contributed by atoms with van der Waals surface area (Å²) in [6, 6.07) is 0. The van der Waals surface area contributed by atoms with Gasteiger partial charge in [-0.05, 0) is 7.05 Å². The summed E-state index contributed by atoms with van der Waals surface area (Å²) in [5.41, 5.74) is 5.03. The molecule has 1 saturated heterocycles. The molecular formula is C9H18N4O2. The van der Waals surface area contributed by atoms with Gasteiger partial charge in [-0.3, -0.25) is 14.5 Å². The standard InChI is InChI=1S/C9H18N4O2/c1-12(6-8(10)14)7-9(15)13-4-2-11-3-5-13/h11H,2-7H2,1H3,(H2,10,14). The van der Waals surface area contributed by atoms with E-state index in [0.29, 0.717) is 0 Å². The highest BCUT2D eigenvalue weighted by Crippen LogP contribution is 1.95. The second kappa shape index (κ2) is 5.67. The van der Waals surface area contributed by atoms with Gasteiger partial charge in [0.05, 0.1) is 13.1 Å². The number of hydrogen-bond donors (Lipinski definition) is 2. The minimum absolute atomic E-state index is 0.0558. The smallest absolute Gasteiger partial charge is 0.236 e. The highest BCUT2D eigenvalue weighted by Gasteiger charge is 2.17. The van der Waals surface area contributed by atoms with E-state index < -0.39 is 5.91 Å². The first-order valence-corrected chi connectivity index (χ1v) is 5.05. The quantitative estimate of drug-likeness (QED) is 0.558. The summed E-state index contributed by atoms with van der Waals surface area (Å²) in [7, 11) is 1.71. The second-order valence-electron chi connectivity index (χ2n) is 3.77. The molecule has 15 heavy (non-hydrogen) atoms. The molecule has 86 valence electrons. The van der Waals surface area contributed by atoms with Crippen molar-refractivity contribution in [3.63, 3.8) is 0 Å². The lowest BCUT2D eigenvalue weighted by Crippen LogP contribution is -2.49. The molecule has 1 heterocycles. The molecule has 0 saturated carbocycles. The number of amides is 2. The largest absolute Gasteiger partial charge is 0.369 e. The first kappa shape index (κ1) is 11.9. The van der Waals surface area contributed by atoms with Crippen LogP contribution in [0, 0.1) is 0 Å². The van der Waals surface area contributed by atoms with Crippen molar-refractivity contribution in [2.24, 2.45) is 5.73 Å². The number of primary amides is 1. The lowest BCUT2D eigenvalue weighted by molar-refractivity contribution is -0.133. The fraction of sp³-hybridized carbons (Fsp3) is 0.778. The van der Waals surface area contributed by atoms with Crippen LogP contribution < -0.4 is 11.1 Å². The molecule has 0 aromatic carbocycles. The molecule has 2 amide bonds. The van der Waals surface area contributed by atoms with E-state index in [1.165, 1.54) is 0 Å². The average molecular weight is 214 g/mol. The fourth-order valence-corrected chi connectivity index (χ4v) is 1.57. The Balaban J connectivity index is 2.30. The van der Waals surface area contributed by atoms with Crippen LogP contribution in [0.4, 0.5) is 0 Å². The van der Waals surface area contributed by atoms with Gasteiger partial charge in [0, 0.05) is 26.2 Å². The number of rotatable bonds is 4. The van der Waals surface area contributed by atoms with Crippen molar-refractivity contribution in [2.75, 3.05) is 46.3 Å². The molecule has 6 heteroatoms. The number of nitrogens with zero attached hydrogens (tertiary/aromatic N) is 2. The van der Waals surface area contributed by atoms with E-state index in [-0.39, 0.29) is 19.0 Å². The molecule has 1 rings (SSSR count). The second-order valence-corrected chi connectivity index (χ2v) is 3.77. The van der Waals surface area contributed by atoms with E-state index >= 15 is 0 Å². The van der Waals surface area contributed by atoms with Crippen molar-refractivity contribution >= 4 is 11.8 Å². The Morgan fingerprint density at radius 2 is 1.93 bits per heavy atom. The molecule has 0 atom stereocenters. The van der Waals surface area contributed by atoms with Crippen LogP contribution >= 0.6 is 0 Å². The van der Waals surface area contributed by atoms with Gasteiger partial charge < -0.3 is 16.0 Å². The Morgan fingerprint density at radius 3 is 2.47 bits per heavy atom. The zero-order valence-corrected chi connectivity index (χ0v) is 9.03. The van der Waals surface area contributed by atoms with Crippen molar-refractivity contribution in [1.82, 2.24) is 15.1 Å². The first-order chi connectivity index (χ1) is 7.09. The van der Waals surface area contributed by atoms with Gasteiger partial charge in [0.15, 0.2) is 0 Å². The number of carbonyl (C=O) groups excluding carboxylic acids is 2. The van der Waals surface area contributed by atoms with Gasteiger partial charge in [0.25, 0.3) is 0 Å². The Kier molecular flexibility index (Phi) is 4.51. The zero-order valence-electron chi connectivity index (χ0n) is 9.03. The minimum atomic E-state index is -0.411. The summed E-state index contributed by atoms with van der Waals surface area (Å²) in [6.07, 6.45) is 0. The topological polar surface area (TPSA) is 78.7 Å². The van der Waals surface area contributed by atoms with Crippen LogP contribution in [0.25, 0.3) is 0 Å². The monoisotopic (exact) mass is 214 g/mol. The maximum absolute atomic E-state index is 11.7. The SMILES string of the molecule is CN(CC(N)=O)CC(=O)N1CCNCC1. The van der Waals surface area contributed by atoms with Crippen LogP contribution in [0.2, 0.25) is 0 Å². The Bertz CT molecular complexity index is 238. The highest BCUT2D eigenvalue weighted by molar-refractivity contribution is 5.80. The maximum atomic E-state index is 11.7. The first-order valence-electron chi connectivity index (χ1n) is 5.05. The molecule has 0 aromatic rings. The van der Waals surface area contributed by atoms with Crippen molar-refractivity contribution in [1.29, 1.82) is 0 Å². The van der Waals surface area contributed by atoms with Gasteiger partial charge in [-0.1, -0.05) is 0 Å². The Labute approximate surface area is 89.4 Å². The van der Waals surface area contributed by atoms with Gasteiger partial charge in [-0.15, -0.1) is 0 Å². The number of carbonyl (C=O) groups is 2. The van der Waals surface area contributed by atoms with Crippen molar-refractivity contribution < 1.29 is 9.59 Å². The van der Waals surface area contributed by atoms with Gasteiger partial charge in [-0.2, -0.15) is 0 Å². The van der Waals surface area contributed by atoms with Crippen LogP contribution in [0.3, 0.4) is 0 Å². The number of nitrogens with one attached hydrogen (secondary N) is 1. The number of nitrogens with two attached hydrogens (primary N) is 1. The van der Waals surface area contributed by atoms with Crippen molar-refractivity contribution in [3.05, 3.63) is 0 Å². The number of piperazine rings is 1. The molecule has 1 aliphatic heterocycles. The zero-order chi connectivity index (χ0) is 11.3. The predicted molar refractivity (Wildman–Crippen MR) is 56.1 cm³/mol. The minimum Gasteiger partial charge on any atom is -0.369 e. The van der Waals surface area contributed by atoms with E-state index in [0.717, 1.165) is 26.2 Å². The molecule has 3 N–H and O–H groups in total. The molecule has 0 aliphatic carbocycles. The molecule has 1 aliphatic rings. The molecule has 0 radical (unpaired) electrons. The lowest BCUT2D eigenvalue weighted by atomic mass is 10.3. The van der Waals surface area contributed by atoms with Gasteiger partial charge in [0.2, 0.25) is 11.8 Å². The number of likely N-dealkylation sites (N-methyl/N-ethyl adjacent to an activating group) is 1. The average Bonchev–Trinajstić information content (AvgIpc) is 2.17. The molecule has 6 nitrogen and oxygen atoms in total. The van der Waals surface area contributed by atoms with Crippen LogP contribution in [0.1, 0.15) is 0 Å². The van der Waals surface area contributed by atoms with Crippen LogP contribution in [-0.2, 0) is 9.59 Å². The van der Waals surface area contributed by atoms with Gasteiger partial charge in [0.1, 0.15) is 0 Å². The van der Waals surface area contributed by atoms with Crippen LogP contribution in [0.15, 0.2) is 0 Å². The molecular weight excluding hydrogens is 196 g/mol. The van der Waals surface area contributed by atoms with Crippen LogP contribution in [-0.4, -0.2) is 67.9 Å².